The molecule has 0 atom stereocenters. The molecule has 0 amide bonds. The largest absolute Gasteiger partial charge is 0.475 e. The maximum Gasteiger partial charge on any atom is 0.226 e. The third-order valence-electron chi connectivity index (χ3n) is 2.16. The van der Waals surface area contributed by atoms with E-state index in [1.54, 1.807) is 18.5 Å². The minimum absolute atomic E-state index is 0.103. The molecule has 18 heavy (non-hydrogen) atoms. The Morgan fingerprint density at radius 1 is 1.28 bits per heavy atom. The van der Waals surface area contributed by atoms with Crippen LogP contribution in [0.2, 0.25) is 0 Å². The Labute approximate surface area is 106 Å². The van der Waals surface area contributed by atoms with E-state index in [0.717, 1.165) is 5.56 Å². The molecule has 0 bridgehead atoms. The van der Waals surface area contributed by atoms with Gasteiger partial charge in [0.1, 0.15) is 0 Å². The van der Waals surface area contributed by atoms with Crippen LogP contribution >= 0.6 is 0 Å². The molecule has 5 nitrogen and oxygen atoms in total. The van der Waals surface area contributed by atoms with Gasteiger partial charge in [-0.2, -0.15) is 4.98 Å². The number of aromatic nitrogens is 3. The zero-order chi connectivity index (χ0) is 12.8. The molecule has 94 valence electrons. The first-order valence-corrected chi connectivity index (χ1v) is 5.86. The van der Waals surface area contributed by atoms with Gasteiger partial charge in [-0.15, -0.1) is 0 Å². The molecule has 2 rings (SSSR count). The van der Waals surface area contributed by atoms with Crippen molar-refractivity contribution in [3.63, 3.8) is 0 Å². The summed E-state index contributed by atoms with van der Waals surface area (Å²) in [6.45, 7) is 4.56. The average molecular weight is 244 g/mol. The van der Waals surface area contributed by atoms with Crippen LogP contribution in [0.1, 0.15) is 19.4 Å². The Hall–Kier alpha value is -2.17. The molecule has 0 radical (unpaired) electrons. The van der Waals surface area contributed by atoms with Gasteiger partial charge in [-0.3, -0.25) is 4.98 Å². The van der Waals surface area contributed by atoms with Crippen molar-refractivity contribution in [1.82, 2.24) is 15.0 Å². The summed E-state index contributed by atoms with van der Waals surface area (Å²) in [5.41, 5.74) is 1.08. The number of rotatable bonds is 5. The van der Waals surface area contributed by atoms with E-state index in [0.29, 0.717) is 18.4 Å². The highest BCUT2D eigenvalue weighted by atomic mass is 16.5. The first kappa shape index (κ1) is 12.3. The highest BCUT2D eigenvalue weighted by Gasteiger charge is 2.02. The number of anilines is 1. The van der Waals surface area contributed by atoms with Crippen LogP contribution in [0.15, 0.2) is 36.8 Å². The molecule has 0 aromatic carbocycles. The molecule has 2 aromatic rings. The molecular formula is C13H16N4O. The zero-order valence-corrected chi connectivity index (χ0v) is 10.5. The molecule has 0 saturated carbocycles. The van der Waals surface area contributed by atoms with Crippen molar-refractivity contribution in [2.45, 2.75) is 26.5 Å². The quantitative estimate of drug-likeness (QED) is 0.874. The highest BCUT2D eigenvalue weighted by molar-refractivity contribution is 5.29. The lowest BCUT2D eigenvalue weighted by atomic mass is 10.3. The van der Waals surface area contributed by atoms with Gasteiger partial charge in [-0.1, -0.05) is 6.07 Å². The molecule has 0 spiro atoms. The van der Waals surface area contributed by atoms with Gasteiger partial charge in [0.05, 0.1) is 6.10 Å². The smallest absolute Gasteiger partial charge is 0.226 e. The molecule has 0 aliphatic heterocycles. The van der Waals surface area contributed by atoms with Gasteiger partial charge >= 0.3 is 0 Å². The van der Waals surface area contributed by atoms with Crippen molar-refractivity contribution in [3.05, 3.63) is 42.4 Å². The SMILES string of the molecule is CC(C)Oc1ccnc(NCc2cccnc2)n1. The molecule has 5 heteroatoms. The Kier molecular flexibility index (Phi) is 4.06. The second kappa shape index (κ2) is 5.95. The summed E-state index contributed by atoms with van der Waals surface area (Å²) in [4.78, 5) is 12.5. The van der Waals surface area contributed by atoms with Gasteiger partial charge in [0.2, 0.25) is 11.8 Å². The molecule has 0 aliphatic rings. The standard InChI is InChI=1S/C13H16N4O/c1-10(2)18-12-5-7-15-13(17-12)16-9-11-4-3-6-14-8-11/h3-8,10H,9H2,1-2H3,(H,15,16,17). The third kappa shape index (κ3) is 3.69. The molecule has 1 N–H and O–H groups in total. The van der Waals surface area contributed by atoms with Crippen LogP contribution in [0.3, 0.4) is 0 Å². The normalized spacial score (nSPS) is 10.4. The minimum Gasteiger partial charge on any atom is -0.475 e. The van der Waals surface area contributed by atoms with Crippen LogP contribution in [-0.4, -0.2) is 21.1 Å². The number of nitrogens with one attached hydrogen (secondary N) is 1. The van der Waals surface area contributed by atoms with E-state index in [4.69, 9.17) is 4.74 Å². The van der Waals surface area contributed by atoms with E-state index in [2.05, 4.69) is 20.3 Å². The topological polar surface area (TPSA) is 59.9 Å². The number of ether oxygens (including phenoxy) is 1. The van der Waals surface area contributed by atoms with Crippen LogP contribution in [0.4, 0.5) is 5.95 Å². The molecular weight excluding hydrogens is 228 g/mol. The van der Waals surface area contributed by atoms with E-state index in [9.17, 15) is 0 Å². The summed E-state index contributed by atoms with van der Waals surface area (Å²) in [7, 11) is 0. The zero-order valence-electron chi connectivity index (χ0n) is 10.5. The Bertz CT molecular complexity index is 487. The fourth-order valence-corrected chi connectivity index (χ4v) is 1.42. The average Bonchev–Trinajstić information content (AvgIpc) is 2.37. The lowest BCUT2D eigenvalue weighted by Gasteiger charge is -2.09. The monoisotopic (exact) mass is 244 g/mol. The van der Waals surface area contributed by atoms with E-state index < -0.39 is 0 Å². The molecule has 2 aromatic heterocycles. The summed E-state index contributed by atoms with van der Waals surface area (Å²) < 4.78 is 5.50. The van der Waals surface area contributed by atoms with Crippen LogP contribution < -0.4 is 10.1 Å². The number of pyridine rings is 1. The minimum atomic E-state index is 0.103. The second-order valence-corrected chi connectivity index (χ2v) is 4.10. The summed E-state index contributed by atoms with van der Waals surface area (Å²) in [5.74, 6) is 1.13. The summed E-state index contributed by atoms with van der Waals surface area (Å²) in [6, 6.07) is 5.64. The van der Waals surface area contributed by atoms with Crippen molar-refractivity contribution in [1.29, 1.82) is 0 Å². The lowest BCUT2D eigenvalue weighted by molar-refractivity contribution is 0.232. The molecule has 0 fully saturated rings. The first-order chi connectivity index (χ1) is 8.74. The fraction of sp³-hybridized carbons (Fsp3) is 0.308. The highest BCUT2D eigenvalue weighted by Crippen LogP contribution is 2.10. The van der Waals surface area contributed by atoms with Crippen LogP contribution in [-0.2, 0) is 6.54 Å². The molecule has 0 aliphatic carbocycles. The van der Waals surface area contributed by atoms with Crippen molar-refractivity contribution in [3.8, 4) is 5.88 Å². The van der Waals surface area contributed by atoms with Crippen LogP contribution in [0.5, 0.6) is 5.88 Å². The van der Waals surface area contributed by atoms with Gasteiger partial charge in [0.25, 0.3) is 0 Å². The Morgan fingerprint density at radius 3 is 2.89 bits per heavy atom. The summed E-state index contributed by atoms with van der Waals surface area (Å²) in [5, 5.41) is 3.13. The Morgan fingerprint density at radius 2 is 2.17 bits per heavy atom. The second-order valence-electron chi connectivity index (χ2n) is 4.10. The van der Waals surface area contributed by atoms with Gasteiger partial charge in [0.15, 0.2) is 0 Å². The van der Waals surface area contributed by atoms with E-state index in [1.165, 1.54) is 0 Å². The van der Waals surface area contributed by atoms with Crippen molar-refractivity contribution in [2.75, 3.05) is 5.32 Å². The van der Waals surface area contributed by atoms with Gasteiger partial charge in [0, 0.05) is 31.2 Å². The van der Waals surface area contributed by atoms with Gasteiger partial charge in [-0.05, 0) is 25.5 Å². The number of nitrogens with zero attached hydrogens (tertiary/aromatic N) is 3. The molecule has 2 heterocycles. The van der Waals surface area contributed by atoms with Crippen molar-refractivity contribution < 1.29 is 4.74 Å². The van der Waals surface area contributed by atoms with E-state index >= 15 is 0 Å². The summed E-state index contributed by atoms with van der Waals surface area (Å²) in [6.07, 6.45) is 5.33. The predicted molar refractivity (Wildman–Crippen MR) is 69.4 cm³/mol. The number of hydrogen-bond donors (Lipinski definition) is 1. The molecule has 0 saturated heterocycles. The number of hydrogen-bond acceptors (Lipinski definition) is 5. The summed E-state index contributed by atoms with van der Waals surface area (Å²) >= 11 is 0. The van der Waals surface area contributed by atoms with Crippen molar-refractivity contribution >= 4 is 5.95 Å². The maximum absolute atomic E-state index is 5.50. The fourth-order valence-electron chi connectivity index (χ4n) is 1.42. The maximum atomic E-state index is 5.50. The van der Waals surface area contributed by atoms with E-state index in [-0.39, 0.29) is 6.10 Å². The predicted octanol–water partition coefficient (Wildman–Crippen LogP) is 2.27. The van der Waals surface area contributed by atoms with Crippen LogP contribution in [0, 0.1) is 0 Å². The van der Waals surface area contributed by atoms with Crippen molar-refractivity contribution in [2.24, 2.45) is 0 Å². The third-order valence-corrected chi connectivity index (χ3v) is 2.16. The first-order valence-electron chi connectivity index (χ1n) is 5.86. The van der Waals surface area contributed by atoms with Gasteiger partial charge < -0.3 is 10.1 Å². The van der Waals surface area contributed by atoms with Gasteiger partial charge in [-0.25, -0.2) is 4.98 Å². The Balaban J connectivity index is 1.97. The molecule has 0 unspecified atom stereocenters. The van der Waals surface area contributed by atoms with Crippen LogP contribution in [0.25, 0.3) is 0 Å². The van der Waals surface area contributed by atoms with E-state index in [1.807, 2.05) is 32.2 Å². The lowest BCUT2D eigenvalue weighted by Crippen LogP contribution is -2.09.